The third-order valence-electron chi connectivity index (χ3n) is 8.25. The van der Waals surface area contributed by atoms with E-state index >= 15 is 0 Å². The zero-order chi connectivity index (χ0) is 26.7. The Hall–Kier alpha value is -3.27. The smallest absolute Gasteiger partial charge is 0.320 e. The van der Waals surface area contributed by atoms with Crippen LogP contribution in [0.2, 0.25) is 0 Å². The molecule has 0 amide bonds. The molecule has 2 aliphatic rings. The van der Waals surface area contributed by atoms with Crippen LogP contribution in [0.4, 0.5) is 13.2 Å². The molecule has 4 heterocycles. The van der Waals surface area contributed by atoms with Crippen LogP contribution in [-0.2, 0) is 25.2 Å². The number of pyridine rings is 1. The van der Waals surface area contributed by atoms with Gasteiger partial charge in [-0.25, -0.2) is 4.98 Å². The molecule has 10 heteroatoms. The Kier molecular flexibility index (Phi) is 6.05. The number of piperidine rings is 1. The number of nitrogens with one attached hydrogen (secondary N) is 1. The number of rotatable bonds is 5. The molecule has 1 aliphatic carbocycles. The summed E-state index contributed by atoms with van der Waals surface area (Å²) in [5.41, 5.74) is 2.48. The number of hydrogen-bond donors (Lipinski definition) is 1. The standard InChI is InChI=1S/C28H32F3N7/c1-17-6-5-9-38(14-17)15-20-11-22(28(29,30)31)33-25-23(34-35-24(20)25)19-7-4-8-21(10-19)27(12-18(2)13-27)26-36-32-16-37(26)3/h4,7-8,10-11,16-18H,5-6,9,12-15H2,1-3H3,(H,34,35). The van der Waals surface area contributed by atoms with Gasteiger partial charge in [0.25, 0.3) is 0 Å². The number of hydrogen-bond acceptors (Lipinski definition) is 5. The van der Waals surface area contributed by atoms with Crippen molar-refractivity contribution in [3.8, 4) is 11.3 Å². The van der Waals surface area contributed by atoms with Crippen molar-refractivity contribution < 1.29 is 13.2 Å². The molecule has 3 aromatic heterocycles. The van der Waals surface area contributed by atoms with Crippen LogP contribution in [0.15, 0.2) is 36.7 Å². The monoisotopic (exact) mass is 523 g/mol. The quantitative estimate of drug-likeness (QED) is 0.362. The molecule has 0 bridgehead atoms. The van der Waals surface area contributed by atoms with E-state index in [1.165, 1.54) is 6.07 Å². The summed E-state index contributed by atoms with van der Waals surface area (Å²) in [6, 6.07) is 9.13. The summed E-state index contributed by atoms with van der Waals surface area (Å²) < 4.78 is 43.8. The number of aromatic nitrogens is 6. The van der Waals surface area contributed by atoms with Crippen molar-refractivity contribution in [2.75, 3.05) is 13.1 Å². The summed E-state index contributed by atoms with van der Waals surface area (Å²) in [7, 11) is 1.94. The highest BCUT2D eigenvalue weighted by molar-refractivity contribution is 5.91. The van der Waals surface area contributed by atoms with Crippen LogP contribution in [0.3, 0.4) is 0 Å². The number of halogens is 3. The molecule has 1 atom stereocenters. The predicted molar refractivity (Wildman–Crippen MR) is 138 cm³/mol. The van der Waals surface area contributed by atoms with Crippen LogP contribution >= 0.6 is 0 Å². The number of aromatic amines is 1. The molecule has 1 aromatic carbocycles. The predicted octanol–water partition coefficient (Wildman–Crippen LogP) is 5.72. The fourth-order valence-electron chi connectivity index (χ4n) is 6.56. The Labute approximate surface area is 219 Å². The largest absolute Gasteiger partial charge is 0.433 e. The average Bonchev–Trinajstić information content (AvgIpc) is 3.48. The molecule has 4 aromatic rings. The topological polar surface area (TPSA) is 75.5 Å². The molecule has 6 rings (SSSR count). The first-order valence-electron chi connectivity index (χ1n) is 13.3. The minimum Gasteiger partial charge on any atom is -0.320 e. The Balaban J connectivity index is 1.44. The number of aryl methyl sites for hydroxylation is 1. The summed E-state index contributed by atoms with van der Waals surface area (Å²) in [6.45, 7) is 6.56. The minimum atomic E-state index is -4.55. The first kappa shape index (κ1) is 25.0. The van der Waals surface area contributed by atoms with E-state index in [1.807, 2.05) is 29.8 Å². The third kappa shape index (κ3) is 4.28. The Morgan fingerprint density at radius 3 is 2.61 bits per heavy atom. The SMILES string of the molecule is CC1CCCN(Cc2cc(C(F)(F)F)nc3c(-c4cccc(C5(c6nncn6C)CC(C)C5)c4)[nH]nc23)C1. The maximum Gasteiger partial charge on any atom is 0.433 e. The van der Waals surface area contributed by atoms with Gasteiger partial charge in [0.1, 0.15) is 28.9 Å². The van der Waals surface area contributed by atoms with E-state index in [0.29, 0.717) is 35.2 Å². The summed E-state index contributed by atoms with van der Waals surface area (Å²) in [5.74, 6) is 1.97. The van der Waals surface area contributed by atoms with E-state index in [-0.39, 0.29) is 10.9 Å². The van der Waals surface area contributed by atoms with Crippen molar-refractivity contribution >= 4 is 11.0 Å². The lowest BCUT2D eigenvalue weighted by atomic mass is 9.58. The van der Waals surface area contributed by atoms with Gasteiger partial charge in [-0.3, -0.25) is 10.00 Å². The Morgan fingerprint density at radius 1 is 1.11 bits per heavy atom. The van der Waals surface area contributed by atoms with Gasteiger partial charge in [-0.1, -0.05) is 32.0 Å². The lowest BCUT2D eigenvalue weighted by Crippen LogP contribution is -2.43. The van der Waals surface area contributed by atoms with Crippen molar-refractivity contribution in [1.82, 2.24) is 34.8 Å². The van der Waals surface area contributed by atoms with Crippen molar-refractivity contribution in [1.29, 1.82) is 0 Å². The molecule has 0 radical (unpaired) electrons. The van der Waals surface area contributed by atoms with E-state index in [1.54, 1.807) is 6.33 Å². The fourth-order valence-corrected chi connectivity index (χ4v) is 6.56. The maximum atomic E-state index is 14.0. The second kappa shape index (κ2) is 9.18. The molecule has 1 unspecified atom stereocenters. The first-order chi connectivity index (χ1) is 18.1. The first-order valence-corrected chi connectivity index (χ1v) is 13.3. The number of nitrogens with zero attached hydrogens (tertiary/aromatic N) is 6. The highest BCUT2D eigenvalue weighted by atomic mass is 19.4. The van der Waals surface area contributed by atoms with E-state index < -0.39 is 11.9 Å². The van der Waals surface area contributed by atoms with Crippen molar-refractivity contribution in [3.63, 3.8) is 0 Å². The second-order valence-corrected chi connectivity index (χ2v) is 11.4. The molecule has 0 spiro atoms. The normalized spacial score (nSPS) is 24.6. The van der Waals surface area contributed by atoms with Gasteiger partial charge in [0.15, 0.2) is 0 Å². The lowest BCUT2D eigenvalue weighted by molar-refractivity contribution is -0.141. The van der Waals surface area contributed by atoms with Gasteiger partial charge in [0, 0.05) is 25.7 Å². The zero-order valence-electron chi connectivity index (χ0n) is 21.9. The van der Waals surface area contributed by atoms with E-state index in [4.69, 9.17) is 0 Å². The minimum absolute atomic E-state index is 0.256. The van der Waals surface area contributed by atoms with E-state index in [2.05, 4.69) is 50.2 Å². The van der Waals surface area contributed by atoms with E-state index in [0.717, 1.165) is 55.7 Å². The van der Waals surface area contributed by atoms with Crippen LogP contribution in [0.5, 0.6) is 0 Å². The van der Waals surface area contributed by atoms with Gasteiger partial charge in [-0.05, 0) is 67.3 Å². The van der Waals surface area contributed by atoms with Crippen LogP contribution in [0.25, 0.3) is 22.3 Å². The van der Waals surface area contributed by atoms with Gasteiger partial charge in [0.05, 0.1) is 11.1 Å². The second-order valence-electron chi connectivity index (χ2n) is 11.4. The maximum absolute atomic E-state index is 14.0. The zero-order valence-corrected chi connectivity index (χ0v) is 21.9. The van der Waals surface area contributed by atoms with Crippen LogP contribution < -0.4 is 0 Å². The van der Waals surface area contributed by atoms with Crippen LogP contribution in [0.1, 0.15) is 62.2 Å². The highest BCUT2D eigenvalue weighted by Crippen LogP contribution is 2.52. The van der Waals surface area contributed by atoms with Crippen molar-refractivity contribution in [3.05, 3.63) is 59.3 Å². The summed E-state index contributed by atoms with van der Waals surface area (Å²) in [4.78, 5) is 6.31. The number of alkyl halides is 3. The van der Waals surface area contributed by atoms with Crippen LogP contribution in [-0.4, -0.2) is 47.9 Å². The Morgan fingerprint density at radius 2 is 1.92 bits per heavy atom. The molecule has 1 saturated heterocycles. The molecule has 200 valence electrons. The molecular formula is C28H32F3N7. The molecule has 2 fully saturated rings. The highest BCUT2D eigenvalue weighted by Gasteiger charge is 2.48. The van der Waals surface area contributed by atoms with Gasteiger partial charge in [-0.15, -0.1) is 10.2 Å². The molecule has 1 N–H and O–H groups in total. The number of benzene rings is 1. The summed E-state index contributed by atoms with van der Waals surface area (Å²) in [5, 5.41) is 16.1. The van der Waals surface area contributed by atoms with Gasteiger partial charge in [-0.2, -0.15) is 18.3 Å². The van der Waals surface area contributed by atoms with Crippen molar-refractivity contribution in [2.24, 2.45) is 18.9 Å². The average molecular weight is 524 g/mol. The number of H-pyrrole nitrogens is 1. The molecule has 1 saturated carbocycles. The van der Waals surface area contributed by atoms with Gasteiger partial charge >= 0.3 is 6.18 Å². The van der Waals surface area contributed by atoms with Crippen LogP contribution in [0, 0.1) is 11.8 Å². The molecule has 38 heavy (non-hydrogen) atoms. The summed E-state index contributed by atoms with van der Waals surface area (Å²) >= 11 is 0. The van der Waals surface area contributed by atoms with Crippen molar-refractivity contribution in [2.45, 2.75) is 57.7 Å². The number of fused-ring (bicyclic) bond motifs is 1. The molecule has 7 nitrogen and oxygen atoms in total. The molecular weight excluding hydrogens is 491 g/mol. The fraction of sp³-hybridized carbons (Fsp3) is 0.500. The summed E-state index contributed by atoms with van der Waals surface area (Å²) in [6.07, 6.45) is 1.22. The number of likely N-dealkylation sites (tertiary alicyclic amines) is 1. The van der Waals surface area contributed by atoms with Gasteiger partial charge in [0.2, 0.25) is 0 Å². The molecule has 1 aliphatic heterocycles. The third-order valence-corrected chi connectivity index (χ3v) is 8.25. The lowest BCUT2D eigenvalue weighted by Gasteiger charge is -2.46. The van der Waals surface area contributed by atoms with Gasteiger partial charge < -0.3 is 4.57 Å². The van der Waals surface area contributed by atoms with E-state index in [9.17, 15) is 13.2 Å². The Bertz CT molecular complexity index is 1460.